The van der Waals surface area contributed by atoms with Crippen molar-refractivity contribution < 1.29 is 0 Å². The largest absolute Gasteiger partial charge is 0.308 e. The molecule has 2 aromatic rings. The monoisotopic (exact) mass is 324 g/mol. The molecule has 2 aromatic carbocycles. The fraction of sp³-hybridized carbons (Fsp3) is 0.455. The van der Waals surface area contributed by atoms with Crippen molar-refractivity contribution in [2.75, 3.05) is 26.2 Å². The van der Waals surface area contributed by atoms with Gasteiger partial charge in [-0.2, -0.15) is 0 Å². The molecule has 1 unspecified atom stereocenters. The third-order valence-electron chi connectivity index (χ3n) is 4.79. The van der Waals surface area contributed by atoms with Gasteiger partial charge in [-0.15, -0.1) is 0 Å². The molecule has 2 nitrogen and oxygen atoms in total. The fourth-order valence-electron chi connectivity index (χ4n) is 3.08. The van der Waals surface area contributed by atoms with Crippen LogP contribution in [0.3, 0.4) is 0 Å². The molecule has 0 aliphatic carbocycles. The summed E-state index contributed by atoms with van der Waals surface area (Å²) >= 11 is 0. The second kappa shape index (κ2) is 10.3. The highest BCUT2D eigenvalue weighted by Crippen LogP contribution is 2.19. The van der Waals surface area contributed by atoms with Gasteiger partial charge in [-0.1, -0.05) is 75.4 Å². The van der Waals surface area contributed by atoms with Crippen LogP contribution in [0.15, 0.2) is 54.6 Å². The molecule has 0 aliphatic rings. The Morgan fingerprint density at radius 1 is 0.833 bits per heavy atom. The lowest BCUT2D eigenvalue weighted by molar-refractivity contribution is 0.296. The van der Waals surface area contributed by atoms with Gasteiger partial charge in [-0.25, -0.2) is 0 Å². The Morgan fingerprint density at radius 3 is 2.08 bits per heavy atom. The van der Waals surface area contributed by atoms with Crippen molar-refractivity contribution in [3.8, 4) is 0 Å². The molecule has 0 saturated carbocycles. The lowest BCUT2D eigenvalue weighted by atomic mass is 9.97. The summed E-state index contributed by atoms with van der Waals surface area (Å²) in [6, 6.07) is 20.3. The Morgan fingerprint density at radius 2 is 1.50 bits per heavy atom. The average molecular weight is 325 g/mol. The number of hydrogen-bond donors (Lipinski definition) is 1. The van der Waals surface area contributed by atoms with Crippen molar-refractivity contribution in [3.05, 3.63) is 71.3 Å². The lowest BCUT2D eigenvalue weighted by Gasteiger charge is -2.23. The van der Waals surface area contributed by atoms with E-state index in [0.717, 1.165) is 39.0 Å². The predicted molar refractivity (Wildman–Crippen MR) is 104 cm³/mol. The van der Waals surface area contributed by atoms with Crippen LogP contribution in [0.1, 0.15) is 43.5 Å². The Hall–Kier alpha value is -1.64. The molecule has 0 saturated heterocycles. The minimum absolute atomic E-state index is 0.369. The molecule has 0 heterocycles. The van der Waals surface area contributed by atoms with Crippen LogP contribution in [0.5, 0.6) is 0 Å². The molecule has 0 bridgehead atoms. The van der Waals surface area contributed by atoms with Crippen LogP contribution in [0.25, 0.3) is 0 Å². The Kier molecular flexibility index (Phi) is 8.00. The summed E-state index contributed by atoms with van der Waals surface area (Å²) in [6.07, 6.45) is 2.13. The van der Waals surface area contributed by atoms with E-state index in [0.29, 0.717) is 6.04 Å². The Labute approximate surface area is 147 Å². The molecule has 0 aromatic heterocycles. The van der Waals surface area contributed by atoms with Gasteiger partial charge in [0.2, 0.25) is 0 Å². The molecule has 0 radical (unpaired) electrons. The summed E-state index contributed by atoms with van der Waals surface area (Å²) in [7, 11) is 0. The van der Waals surface area contributed by atoms with E-state index in [1.54, 1.807) is 0 Å². The molecule has 0 fully saturated rings. The van der Waals surface area contributed by atoms with Gasteiger partial charge >= 0.3 is 0 Å². The number of hydrogen-bond acceptors (Lipinski definition) is 2. The van der Waals surface area contributed by atoms with Gasteiger partial charge in [0, 0.05) is 19.1 Å². The molecule has 0 amide bonds. The predicted octanol–water partition coefficient (Wildman–Crippen LogP) is 4.46. The van der Waals surface area contributed by atoms with E-state index in [1.165, 1.54) is 16.7 Å². The molecular weight excluding hydrogens is 292 g/mol. The highest BCUT2D eigenvalue weighted by molar-refractivity contribution is 5.27. The van der Waals surface area contributed by atoms with Crippen LogP contribution in [0, 0.1) is 0 Å². The highest BCUT2D eigenvalue weighted by atomic mass is 15.1. The van der Waals surface area contributed by atoms with E-state index in [4.69, 9.17) is 0 Å². The zero-order valence-electron chi connectivity index (χ0n) is 15.5. The van der Waals surface area contributed by atoms with Crippen LogP contribution >= 0.6 is 0 Å². The second-order valence-corrected chi connectivity index (χ2v) is 6.32. The SMILES string of the molecule is CCc1ccc(C(Cc2ccccc2)NCCN(CC)CC)cc1. The quantitative estimate of drug-likeness (QED) is 0.694. The van der Waals surface area contributed by atoms with Crippen molar-refractivity contribution in [3.63, 3.8) is 0 Å². The van der Waals surface area contributed by atoms with E-state index < -0.39 is 0 Å². The summed E-state index contributed by atoms with van der Waals surface area (Å²) in [5.41, 5.74) is 4.17. The van der Waals surface area contributed by atoms with Crippen LogP contribution in [-0.2, 0) is 12.8 Å². The van der Waals surface area contributed by atoms with Crippen molar-refractivity contribution in [2.24, 2.45) is 0 Å². The zero-order valence-corrected chi connectivity index (χ0v) is 15.5. The number of benzene rings is 2. The van der Waals surface area contributed by atoms with Crippen molar-refractivity contribution >= 4 is 0 Å². The maximum Gasteiger partial charge on any atom is 0.0361 e. The number of likely N-dealkylation sites (N-methyl/N-ethyl adjacent to an activating group) is 1. The maximum absolute atomic E-state index is 3.78. The smallest absolute Gasteiger partial charge is 0.0361 e. The first-order chi connectivity index (χ1) is 11.8. The Balaban J connectivity index is 2.05. The lowest BCUT2D eigenvalue weighted by Crippen LogP contribution is -2.34. The van der Waals surface area contributed by atoms with Gasteiger partial charge < -0.3 is 10.2 Å². The van der Waals surface area contributed by atoms with E-state index in [1.807, 2.05) is 0 Å². The molecule has 24 heavy (non-hydrogen) atoms. The molecule has 2 rings (SSSR count). The molecule has 2 heteroatoms. The summed E-state index contributed by atoms with van der Waals surface area (Å²) in [4.78, 5) is 2.47. The molecule has 0 spiro atoms. The van der Waals surface area contributed by atoms with Crippen LogP contribution in [0.4, 0.5) is 0 Å². The van der Waals surface area contributed by atoms with Gasteiger partial charge in [0.05, 0.1) is 0 Å². The van der Waals surface area contributed by atoms with Crippen molar-refractivity contribution in [1.29, 1.82) is 0 Å². The molecule has 130 valence electrons. The van der Waals surface area contributed by atoms with E-state index in [2.05, 4.69) is 85.6 Å². The van der Waals surface area contributed by atoms with Gasteiger partial charge in [0.15, 0.2) is 0 Å². The van der Waals surface area contributed by atoms with Crippen LogP contribution in [-0.4, -0.2) is 31.1 Å². The number of aryl methyl sites for hydroxylation is 1. The van der Waals surface area contributed by atoms with Crippen LogP contribution in [0.2, 0.25) is 0 Å². The minimum Gasteiger partial charge on any atom is -0.308 e. The zero-order chi connectivity index (χ0) is 17.2. The van der Waals surface area contributed by atoms with E-state index >= 15 is 0 Å². The fourth-order valence-corrected chi connectivity index (χ4v) is 3.08. The third kappa shape index (κ3) is 5.77. The number of rotatable bonds is 10. The summed E-state index contributed by atoms with van der Waals surface area (Å²) in [6.45, 7) is 11.0. The first-order valence-corrected chi connectivity index (χ1v) is 9.35. The second-order valence-electron chi connectivity index (χ2n) is 6.32. The normalized spacial score (nSPS) is 12.5. The van der Waals surface area contributed by atoms with Crippen molar-refractivity contribution in [2.45, 2.75) is 39.7 Å². The molecule has 0 aliphatic heterocycles. The van der Waals surface area contributed by atoms with Gasteiger partial charge in [-0.3, -0.25) is 0 Å². The summed E-state index contributed by atoms with van der Waals surface area (Å²) in [5.74, 6) is 0. The van der Waals surface area contributed by atoms with Gasteiger partial charge in [0.1, 0.15) is 0 Å². The maximum atomic E-state index is 3.78. The minimum atomic E-state index is 0.369. The van der Waals surface area contributed by atoms with Crippen molar-refractivity contribution in [1.82, 2.24) is 10.2 Å². The number of nitrogens with one attached hydrogen (secondary N) is 1. The molecular formula is C22H32N2. The van der Waals surface area contributed by atoms with Gasteiger partial charge in [0.25, 0.3) is 0 Å². The Bertz CT molecular complexity index is 558. The first kappa shape index (κ1) is 18.7. The average Bonchev–Trinajstić information content (AvgIpc) is 2.65. The standard InChI is InChI=1S/C22H32N2/c1-4-19-12-14-21(15-13-19)22(18-20-10-8-7-9-11-20)23-16-17-24(5-2)6-3/h7-15,22-23H,4-6,16-18H2,1-3H3. The topological polar surface area (TPSA) is 15.3 Å². The van der Waals surface area contributed by atoms with E-state index in [-0.39, 0.29) is 0 Å². The van der Waals surface area contributed by atoms with Gasteiger partial charge in [-0.05, 0) is 42.6 Å². The molecule has 1 atom stereocenters. The van der Waals surface area contributed by atoms with Crippen LogP contribution < -0.4 is 5.32 Å². The van der Waals surface area contributed by atoms with E-state index in [9.17, 15) is 0 Å². The third-order valence-corrected chi connectivity index (χ3v) is 4.79. The first-order valence-electron chi connectivity index (χ1n) is 9.35. The summed E-state index contributed by atoms with van der Waals surface area (Å²) < 4.78 is 0. The molecule has 1 N–H and O–H groups in total. The highest BCUT2D eigenvalue weighted by Gasteiger charge is 2.12. The summed E-state index contributed by atoms with van der Waals surface area (Å²) in [5, 5.41) is 3.78. The number of nitrogens with zero attached hydrogens (tertiary/aromatic N) is 1.